The molecule has 1 aliphatic rings. The smallest absolute Gasteiger partial charge is 0.317 e. The average molecular weight is 348 g/mol. The van der Waals surface area contributed by atoms with Crippen molar-refractivity contribution in [2.45, 2.75) is 25.4 Å². The number of nitrogens with one attached hydrogen (secondary N) is 1. The van der Waals surface area contributed by atoms with Crippen molar-refractivity contribution in [3.8, 4) is 5.75 Å². The van der Waals surface area contributed by atoms with Crippen LogP contribution in [0.4, 0.5) is 4.79 Å². The molecule has 140 valence electrons. The van der Waals surface area contributed by atoms with Crippen LogP contribution in [-0.2, 0) is 6.42 Å². The minimum absolute atomic E-state index is 0.0241. The summed E-state index contributed by atoms with van der Waals surface area (Å²) < 4.78 is 5.41. The number of urea groups is 1. The van der Waals surface area contributed by atoms with Crippen LogP contribution in [0.25, 0.3) is 0 Å². The Bertz CT molecular complexity index is 566. The van der Waals surface area contributed by atoms with E-state index in [-0.39, 0.29) is 12.1 Å². The quantitative estimate of drug-likeness (QED) is 0.847. The fourth-order valence-electron chi connectivity index (χ4n) is 3.18. The molecule has 0 aliphatic carbocycles. The summed E-state index contributed by atoms with van der Waals surface area (Å²) in [5.74, 6) is 0.870. The molecular weight excluding hydrogens is 316 g/mol. The van der Waals surface area contributed by atoms with Gasteiger partial charge in [0, 0.05) is 45.3 Å². The fraction of sp³-hybridized carbons (Fsp3) is 0.632. The first-order valence-electron chi connectivity index (χ1n) is 8.93. The molecule has 2 amide bonds. The van der Waals surface area contributed by atoms with Crippen LogP contribution >= 0.6 is 0 Å². The van der Waals surface area contributed by atoms with Crippen LogP contribution in [0.5, 0.6) is 5.75 Å². The van der Waals surface area contributed by atoms with Crippen LogP contribution in [0, 0.1) is 0 Å². The van der Waals surface area contributed by atoms with Crippen LogP contribution in [0.15, 0.2) is 24.3 Å². The third kappa shape index (κ3) is 5.34. The zero-order valence-corrected chi connectivity index (χ0v) is 16.2. The van der Waals surface area contributed by atoms with E-state index in [4.69, 9.17) is 4.74 Å². The van der Waals surface area contributed by atoms with Crippen LogP contribution < -0.4 is 10.1 Å². The number of benzene rings is 1. The van der Waals surface area contributed by atoms with Crippen molar-refractivity contribution < 1.29 is 9.53 Å². The molecule has 1 aromatic carbocycles. The number of piperazine rings is 1. The van der Waals surface area contributed by atoms with E-state index in [1.807, 2.05) is 31.3 Å². The number of amides is 2. The van der Waals surface area contributed by atoms with Gasteiger partial charge in [0.1, 0.15) is 5.75 Å². The van der Waals surface area contributed by atoms with E-state index >= 15 is 0 Å². The van der Waals surface area contributed by atoms with Crippen molar-refractivity contribution in [1.29, 1.82) is 0 Å². The minimum Gasteiger partial charge on any atom is -0.496 e. The first-order valence-corrected chi connectivity index (χ1v) is 8.93. The molecule has 6 heteroatoms. The number of likely N-dealkylation sites (N-methyl/N-ethyl adjacent to an activating group) is 3. The fourth-order valence-corrected chi connectivity index (χ4v) is 3.18. The number of hydrogen-bond acceptors (Lipinski definition) is 4. The first kappa shape index (κ1) is 19.5. The number of carbonyl (C=O) groups is 1. The van der Waals surface area contributed by atoms with Gasteiger partial charge in [-0.25, -0.2) is 4.79 Å². The monoisotopic (exact) mass is 348 g/mol. The highest BCUT2D eigenvalue weighted by atomic mass is 16.5. The van der Waals surface area contributed by atoms with Crippen LogP contribution in [0.1, 0.15) is 12.5 Å². The second-order valence-corrected chi connectivity index (χ2v) is 7.06. The molecule has 0 bridgehead atoms. The molecule has 1 saturated heterocycles. The number of methoxy groups -OCH3 is 1. The molecule has 6 nitrogen and oxygen atoms in total. The Morgan fingerprint density at radius 3 is 2.80 bits per heavy atom. The highest BCUT2D eigenvalue weighted by Crippen LogP contribution is 2.20. The molecule has 0 aromatic heterocycles. The van der Waals surface area contributed by atoms with Gasteiger partial charge in [0.25, 0.3) is 0 Å². The molecular formula is C19H32N4O2. The van der Waals surface area contributed by atoms with Gasteiger partial charge >= 0.3 is 6.03 Å². The van der Waals surface area contributed by atoms with Gasteiger partial charge in [0.15, 0.2) is 0 Å². The second-order valence-electron chi connectivity index (χ2n) is 7.06. The Morgan fingerprint density at radius 2 is 2.08 bits per heavy atom. The Kier molecular flexibility index (Phi) is 7.08. The van der Waals surface area contributed by atoms with E-state index in [0.29, 0.717) is 12.6 Å². The molecule has 1 heterocycles. The SMILES string of the molecule is COc1ccccc1C[C@@H](C)N(C)C(=O)NC[C@@H]1CN(C)CCN1C. The molecule has 1 N–H and O–H groups in total. The van der Waals surface area contributed by atoms with Gasteiger partial charge in [-0.2, -0.15) is 0 Å². The van der Waals surface area contributed by atoms with Crippen molar-refractivity contribution in [2.75, 3.05) is 54.4 Å². The molecule has 0 spiro atoms. The zero-order chi connectivity index (χ0) is 18.4. The minimum atomic E-state index is -0.0241. The third-order valence-electron chi connectivity index (χ3n) is 5.16. The van der Waals surface area contributed by atoms with Gasteiger partial charge in [0.2, 0.25) is 0 Å². The second kappa shape index (κ2) is 9.06. The summed E-state index contributed by atoms with van der Waals surface area (Å²) >= 11 is 0. The summed E-state index contributed by atoms with van der Waals surface area (Å²) in [7, 11) is 7.78. The topological polar surface area (TPSA) is 48.1 Å². The molecule has 0 unspecified atom stereocenters. The summed E-state index contributed by atoms with van der Waals surface area (Å²) in [5, 5.41) is 3.09. The third-order valence-corrected chi connectivity index (χ3v) is 5.16. The number of para-hydroxylation sites is 1. The van der Waals surface area contributed by atoms with Crippen molar-refractivity contribution in [1.82, 2.24) is 20.0 Å². The van der Waals surface area contributed by atoms with Gasteiger partial charge in [-0.05, 0) is 39.1 Å². The summed E-state index contributed by atoms with van der Waals surface area (Å²) in [6, 6.07) is 8.39. The van der Waals surface area contributed by atoms with Crippen molar-refractivity contribution in [2.24, 2.45) is 0 Å². The van der Waals surface area contributed by atoms with Crippen molar-refractivity contribution in [3.05, 3.63) is 29.8 Å². The standard InChI is InChI=1S/C19H32N4O2/c1-15(12-16-8-6-7-9-18(16)25-5)23(4)19(24)20-13-17-14-21(2)10-11-22(17)3/h6-9,15,17H,10-14H2,1-5H3,(H,20,24)/t15-,17-/m1/s1. The van der Waals surface area contributed by atoms with E-state index in [0.717, 1.165) is 37.4 Å². The maximum atomic E-state index is 12.5. The number of rotatable bonds is 6. The Labute approximate surface area is 151 Å². The summed E-state index contributed by atoms with van der Waals surface area (Å²) in [4.78, 5) is 18.9. The Hall–Kier alpha value is -1.79. The van der Waals surface area contributed by atoms with Crippen LogP contribution in [-0.4, -0.2) is 87.2 Å². The summed E-state index contributed by atoms with van der Waals surface area (Å²) in [6.07, 6.45) is 0.764. The first-order chi connectivity index (χ1) is 11.9. The Balaban J connectivity index is 1.86. The van der Waals surface area contributed by atoms with Crippen molar-refractivity contribution in [3.63, 3.8) is 0 Å². The lowest BCUT2D eigenvalue weighted by molar-refractivity contribution is 0.112. The predicted octanol–water partition coefficient (Wildman–Crippen LogP) is 1.51. The van der Waals surface area contributed by atoms with Crippen molar-refractivity contribution >= 4 is 6.03 Å². The maximum absolute atomic E-state index is 12.5. The van der Waals surface area contributed by atoms with E-state index in [2.05, 4.69) is 36.1 Å². The molecule has 1 fully saturated rings. The normalized spacial score (nSPS) is 20.1. The van der Waals surface area contributed by atoms with Gasteiger partial charge in [0.05, 0.1) is 7.11 Å². The van der Waals surface area contributed by atoms with Gasteiger partial charge < -0.3 is 19.9 Å². The van der Waals surface area contributed by atoms with Gasteiger partial charge in [-0.1, -0.05) is 18.2 Å². The number of nitrogens with zero attached hydrogens (tertiary/aromatic N) is 3. The lowest BCUT2D eigenvalue weighted by Crippen LogP contribution is -2.55. The van der Waals surface area contributed by atoms with E-state index in [9.17, 15) is 4.79 Å². The molecule has 0 radical (unpaired) electrons. The lowest BCUT2D eigenvalue weighted by atomic mass is 10.1. The summed E-state index contributed by atoms with van der Waals surface area (Å²) in [5.41, 5.74) is 1.12. The molecule has 2 rings (SSSR count). The molecule has 25 heavy (non-hydrogen) atoms. The maximum Gasteiger partial charge on any atom is 0.317 e. The van der Waals surface area contributed by atoms with E-state index in [1.165, 1.54) is 0 Å². The predicted molar refractivity (Wildman–Crippen MR) is 101 cm³/mol. The number of carbonyl (C=O) groups excluding carboxylic acids is 1. The average Bonchev–Trinajstić information content (AvgIpc) is 2.61. The molecule has 1 aromatic rings. The van der Waals surface area contributed by atoms with E-state index in [1.54, 1.807) is 12.0 Å². The van der Waals surface area contributed by atoms with Gasteiger partial charge in [-0.3, -0.25) is 4.90 Å². The number of ether oxygens (including phenoxy) is 1. The van der Waals surface area contributed by atoms with E-state index < -0.39 is 0 Å². The Morgan fingerprint density at radius 1 is 1.36 bits per heavy atom. The lowest BCUT2D eigenvalue weighted by Gasteiger charge is -2.38. The zero-order valence-electron chi connectivity index (χ0n) is 16.2. The molecule has 2 atom stereocenters. The highest BCUT2D eigenvalue weighted by molar-refractivity contribution is 5.74. The number of hydrogen-bond donors (Lipinski definition) is 1. The van der Waals surface area contributed by atoms with Crippen LogP contribution in [0.3, 0.4) is 0 Å². The molecule has 1 aliphatic heterocycles. The summed E-state index contributed by atoms with van der Waals surface area (Å²) in [6.45, 7) is 5.84. The largest absolute Gasteiger partial charge is 0.496 e. The highest BCUT2D eigenvalue weighted by Gasteiger charge is 2.24. The van der Waals surface area contributed by atoms with Crippen LogP contribution in [0.2, 0.25) is 0 Å². The molecule has 0 saturated carbocycles. The van der Waals surface area contributed by atoms with Gasteiger partial charge in [-0.15, -0.1) is 0 Å².